The molecule has 180 valence electrons. The van der Waals surface area contributed by atoms with Gasteiger partial charge >= 0.3 is 11.9 Å². The van der Waals surface area contributed by atoms with Crippen LogP contribution in [0.2, 0.25) is 10.0 Å². The number of thioether (sulfide) groups is 2. The van der Waals surface area contributed by atoms with Crippen LogP contribution in [0, 0.1) is 0 Å². The van der Waals surface area contributed by atoms with Crippen LogP contribution in [0.4, 0.5) is 0 Å². The third-order valence-corrected chi connectivity index (χ3v) is 8.27. The Kier molecular flexibility index (Phi) is 9.22. The Morgan fingerprint density at radius 2 is 1.12 bits per heavy atom. The van der Waals surface area contributed by atoms with Crippen molar-refractivity contribution in [2.75, 3.05) is 26.2 Å². The van der Waals surface area contributed by atoms with E-state index in [1.807, 2.05) is 48.5 Å². The second kappa shape index (κ2) is 12.3. The summed E-state index contributed by atoms with van der Waals surface area (Å²) in [7, 11) is 0. The van der Waals surface area contributed by atoms with Crippen LogP contribution in [0.15, 0.2) is 70.5 Å². The van der Waals surface area contributed by atoms with Crippen molar-refractivity contribution in [3.8, 4) is 0 Å². The van der Waals surface area contributed by atoms with Gasteiger partial charge in [-0.2, -0.15) is 0 Å². The zero-order valence-electron chi connectivity index (χ0n) is 18.3. The van der Waals surface area contributed by atoms with E-state index in [2.05, 4.69) is 0 Å². The molecule has 0 bridgehead atoms. The van der Waals surface area contributed by atoms with Crippen LogP contribution >= 0.6 is 46.7 Å². The molecule has 2 aliphatic heterocycles. The minimum Gasteiger partial charge on any atom is -0.364 e. The molecule has 0 saturated carbocycles. The Hall–Kier alpha value is -1.68. The summed E-state index contributed by atoms with van der Waals surface area (Å²) in [6.07, 6.45) is 4.02. The molecule has 0 spiro atoms. The molecule has 2 heterocycles. The maximum Gasteiger partial charge on any atom is 0.349 e. The highest BCUT2D eigenvalue weighted by atomic mass is 35.5. The van der Waals surface area contributed by atoms with E-state index in [4.69, 9.17) is 32.9 Å². The van der Waals surface area contributed by atoms with Gasteiger partial charge < -0.3 is 9.68 Å². The third kappa shape index (κ3) is 7.93. The SMILES string of the molecule is O=C(/C=C\C(=O)ON1CCC(Sc2ccc(Cl)cc2)C1)ON1CCC(Sc2ccc(Cl)cc2)C1. The molecule has 2 aromatic carbocycles. The molecular weight excluding hydrogens is 515 g/mol. The second-order valence-corrected chi connectivity index (χ2v) is 11.5. The number of nitrogens with zero attached hydrogens (tertiary/aromatic N) is 2. The Balaban J connectivity index is 1.14. The van der Waals surface area contributed by atoms with E-state index in [-0.39, 0.29) is 0 Å². The summed E-state index contributed by atoms with van der Waals surface area (Å²) >= 11 is 15.3. The smallest absolute Gasteiger partial charge is 0.349 e. The van der Waals surface area contributed by atoms with Gasteiger partial charge in [-0.05, 0) is 61.4 Å². The van der Waals surface area contributed by atoms with Crippen molar-refractivity contribution in [3.63, 3.8) is 0 Å². The Morgan fingerprint density at radius 3 is 1.50 bits per heavy atom. The monoisotopic (exact) mass is 538 g/mol. The van der Waals surface area contributed by atoms with E-state index >= 15 is 0 Å². The molecule has 10 heteroatoms. The van der Waals surface area contributed by atoms with Crippen LogP contribution in [0.25, 0.3) is 0 Å². The van der Waals surface area contributed by atoms with Gasteiger partial charge in [-0.3, -0.25) is 0 Å². The molecular formula is C24H24Cl2N2O4S2. The van der Waals surface area contributed by atoms with Crippen molar-refractivity contribution < 1.29 is 19.3 Å². The molecule has 2 saturated heterocycles. The highest BCUT2D eigenvalue weighted by Crippen LogP contribution is 2.31. The third-order valence-electron chi connectivity index (χ3n) is 5.24. The van der Waals surface area contributed by atoms with Crippen LogP contribution in [0.5, 0.6) is 0 Å². The van der Waals surface area contributed by atoms with Gasteiger partial charge in [0.05, 0.1) is 0 Å². The fourth-order valence-corrected chi connectivity index (χ4v) is 6.15. The van der Waals surface area contributed by atoms with E-state index in [1.165, 1.54) is 0 Å². The lowest BCUT2D eigenvalue weighted by Gasteiger charge is -2.15. The number of hydrogen-bond donors (Lipinski definition) is 0. The van der Waals surface area contributed by atoms with E-state index in [1.54, 1.807) is 33.7 Å². The first-order valence-electron chi connectivity index (χ1n) is 10.9. The first-order valence-corrected chi connectivity index (χ1v) is 13.4. The first kappa shape index (κ1) is 25.4. The number of benzene rings is 2. The maximum atomic E-state index is 12.1. The van der Waals surface area contributed by atoms with E-state index < -0.39 is 11.9 Å². The van der Waals surface area contributed by atoms with Gasteiger partial charge in [0, 0.05) is 68.7 Å². The fraction of sp³-hybridized carbons (Fsp3) is 0.333. The second-order valence-electron chi connectivity index (χ2n) is 7.89. The Labute approximate surface area is 217 Å². The van der Waals surface area contributed by atoms with Crippen LogP contribution in [-0.2, 0) is 19.3 Å². The average Bonchev–Trinajstić information content (AvgIpc) is 3.44. The van der Waals surface area contributed by atoms with Gasteiger partial charge in [0.15, 0.2) is 0 Å². The van der Waals surface area contributed by atoms with Crippen molar-refractivity contribution in [1.82, 2.24) is 10.1 Å². The molecule has 0 radical (unpaired) electrons. The minimum atomic E-state index is -0.591. The minimum absolute atomic E-state index is 0.316. The van der Waals surface area contributed by atoms with Crippen LogP contribution < -0.4 is 0 Å². The van der Waals surface area contributed by atoms with Gasteiger partial charge in [0.2, 0.25) is 0 Å². The summed E-state index contributed by atoms with van der Waals surface area (Å²) in [6, 6.07) is 15.4. The predicted molar refractivity (Wildman–Crippen MR) is 136 cm³/mol. The van der Waals surface area contributed by atoms with Gasteiger partial charge in [0.25, 0.3) is 0 Å². The normalized spacial score (nSPS) is 21.2. The summed E-state index contributed by atoms with van der Waals surface area (Å²) in [5.41, 5.74) is 0. The summed E-state index contributed by atoms with van der Waals surface area (Å²) in [5, 5.41) is 5.31. The highest BCUT2D eigenvalue weighted by molar-refractivity contribution is 8.00. The summed E-state index contributed by atoms with van der Waals surface area (Å²) < 4.78 is 0. The zero-order chi connectivity index (χ0) is 23.9. The number of hydroxylamine groups is 4. The number of rotatable bonds is 8. The number of halogens is 2. The van der Waals surface area contributed by atoms with Gasteiger partial charge in [-0.25, -0.2) is 9.59 Å². The lowest BCUT2D eigenvalue weighted by Crippen LogP contribution is -2.26. The quantitative estimate of drug-likeness (QED) is 0.408. The average molecular weight is 540 g/mol. The van der Waals surface area contributed by atoms with E-state index in [0.717, 1.165) is 34.8 Å². The lowest BCUT2D eigenvalue weighted by molar-refractivity contribution is -0.181. The molecule has 34 heavy (non-hydrogen) atoms. The largest absolute Gasteiger partial charge is 0.364 e. The summed E-state index contributed by atoms with van der Waals surface area (Å²) in [5.74, 6) is -1.18. The zero-order valence-corrected chi connectivity index (χ0v) is 21.4. The van der Waals surface area contributed by atoms with Gasteiger partial charge in [-0.15, -0.1) is 33.7 Å². The van der Waals surface area contributed by atoms with Crippen LogP contribution in [-0.4, -0.2) is 58.7 Å². The van der Waals surface area contributed by atoms with Gasteiger partial charge in [0.1, 0.15) is 0 Å². The van der Waals surface area contributed by atoms with Gasteiger partial charge in [-0.1, -0.05) is 23.2 Å². The van der Waals surface area contributed by atoms with E-state index in [9.17, 15) is 9.59 Å². The Bertz CT molecular complexity index is 939. The first-order chi connectivity index (χ1) is 16.4. The molecule has 2 fully saturated rings. The molecule has 2 aliphatic rings. The molecule has 0 N–H and O–H groups in total. The molecule has 6 nitrogen and oxygen atoms in total. The number of hydrogen-bond acceptors (Lipinski definition) is 8. The maximum absolute atomic E-state index is 12.1. The molecule has 2 atom stereocenters. The van der Waals surface area contributed by atoms with Crippen molar-refractivity contribution >= 4 is 58.7 Å². The molecule has 0 amide bonds. The van der Waals surface area contributed by atoms with E-state index in [0.29, 0.717) is 46.7 Å². The topological polar surface area (TPSA) is 59.1 Å². The number of carbonyl (C=O) groups excluding carboxylic acids is 2. The summed E-state index contributed by atoms with van der Waals surface area (Å²) in [6.45, 7) is 2.54. The fourth-order valence-electron chi connectivity index (χ4n) is 3.62. The molecule has 0 aliphatic carbocycles. The van der Waals surface area contributed by atoms with Crippen molar-refractivity contribution in [2.24, 2.45) is 0 Å². The Morgan fingerprint density at radius 1 is 0.735 bits per heavy atom. The predicted octanol–water partition coefficient (Wildman–Crippen LogP) is 5.50. The van der Waals surface area contributed by atoms with Crippen LogP contribution in [0.3, 0.4) is 0 Å². The standard InChI is InChI=1S/C24H24Cl2N2O4S2/c25-17-1-5-19(6-2-17)33-21-11-13-27(15-21)31-23(29)9-10-24(30)32-28-14-12-22(16-28)34-20-7-3-18(26)4-8-20/h1-10,21-22H,11-16H2/b10-9-. The molecule has 0 aromatic heterocycles. The summed E-state index contributed by atoms with van der Waals surface area (Å²) in [4.78, 5) is 37.2. The molecule has 2 aromatic rings. The number of carbonyl (C=O) groups is 2. The highest BCUT2D eigenvalue weighted by Gasteiger charge is 2.27. The van der Waals surface area contributed by atoms with Crippen molar-refractivity contribution in [2.45, 2.75) is 33.1 Å². The van der Waals surface area contributed by atoms with Crippen LogP contribution in [0.1, 0.15) is 12.8 Å². The molecule has 2 unspecified atom stereocenters. The van der Waals surface area contributed by atoms with Crippen molar-refractivity contribution in [3.05, 3.63) is 70.7 Å². The van der Waals surface area contributed by atoms with Crippen molar-refractivity contribution in [1.29, 1.82) is 0 Å². The lowest BCUT2D eigenvalue weighted by atomic mass is 10.4. The molecule has 4 rings (SSSR count).